The van der Waals surface area contributed by atoms with Crippen molar-refractivity contribution in [3.8, 4) is 22.9 Å². The average molecular weight is 664 g/mol. The van der Waals surface area contributed by atoms with E-state index >= 15 is 0 Å². The maximum Gasteiger partial charge on any atom is 0.251 e. The molecule has 0 radical (unpaired) electrons. The summed E-state index contributed by atoms with van der Waals surface area (Å²) in [7, 11) is 0. The standard InChI is InChI=1S/C34H32ClF2N5O5/c1-33(32(38)44)15-46-30-22(33)13-25(40-29(30)21-8-9-23(36)28(37)27(21)35)34(45,18-4-5-18)14-39-31(43)17-10-19-12-24(16-2-3-16)41-42(19)26(11-17)47-20-6-7-20/h8-13,16,18,20,45H,2-7,14-15H2,1H3,(H2,38,44)(H,39,43)/t33-,34?/m0/s1. The molecule has 3 fully saturated rings. The Bertz CT molecular complexity index is 1990. The van der Waals surface area contributed by atoms with E-state index in [1.54, 1.807) is 29.6 Å². The highest BCUT2D eigenvalue weighted by atomic mass is 35.5. The minimum Gasteiger partial charge on any atom is -0.489 e. The third-order valence-corrected chi connectivity index (χ3v) is 10.1. The van der Waals surface area contributed by atoms with Crippen LogP contribution in [0.3, 0.4) is 0 Å². The number of rotatable bonds is 10. The van der Waals surface area contributed by atoms with E-state index in [-0.39, 0.29) is 47.9 Å². The van der Waals surface area contributed by atoms with Crippen LogP contribution >= 0.6 is 11.6 Å². The lowest BCUT2D eigenvalue weighted by Crippen LogP contribution is -2.44. The number of hydrogen-bond donors (Lipinski definition) is 3. The Morgan fingerprint density at radius 3 is 2.62 bits per heavy atom. The summed E-state index contributed by atoms with van der Waals surface area (Å²) in [4.78, 5) is 31.0. The van der Waals surface area contributed by atoms with Crippen LogP contribution in [-0.4, -0.2) is 50.8 Å². The molecule has 1 aromatic carbocycles. The quantitative estimate of drug-likeness (QED) is 0.205. The van der Waals surface area contributed by atoms with Gasteiger partial charge in [-0.05, 0) is 81.7 Å². The number of aliphatic hydroxyl groups is 1. The molecule has 1 unspecified atom stereocenters. The Morgan fingerprint density at radius 1 is 1.17 bits per heavy atom. The third kappa shape index (κ3) is 5.09. The minimum atomic E-state index is -1.70. The number of nitrogens with one attached hydrogen (secondary N) is 1. The molecule has 47 heavy (non-hydrogen) atoms. The Balaban J connectivity index is 1.17. The lowest BCUT2D eigenvalue weighted by molar-refractivity contribution is -0.123. The summed E-state index contributed by atoms with van der Waals surface area (Å²) in [6.45, 7) is 1.25. The highest BCUT2D eigenvalue weighted by Gasteiger charge is 2.50. The first kappa shape index (κ1) is 30.1. The van der Waals surface area contributed by atoms with Crippen LogP contribution in [0, 0.1) is 17.6 Å². The van der Waals surface area contributed by atoms with Gasteiger partial charge in [0, 0.05) is 28.7 Å². The Hall–Kier alpha value is -4.29. The predicted molar refractivity (Wildman–Crippen MR) is 166 cm³/mol. The van der Waals surface area contributed by atoms with Gasteiger partial charge < -0.3 is 25.6 Å². The van der Waals surface area contributed by atoms with Crippen molar-refractivity contribution in [2.75, 3.05) is 13.2 Å². The van der Waals surface area contributed by atoms with Gasteiger partial charge in [-0.3, -0.25) is 9.59 Å². The number of primary amides is 1. The summed E-state index contributed by atoms with van der Waals surface area (Å²) < 4.78 is 42.4. The zero-order valence-electron chi connectivity index (χ0n) is 25.5. The summed E-state index contributed by atoms with van der Waals surface area (Å²) in [5.41, 5.74) is 5.34. The van der Waals surface area contributed by atoms with Gasteiger partial charge in [0.15, 0.2) is 11.6 Å². The molecule has 13 heteroatoms. The van der Waals surface area contributed by atoms with Gasteiger partial charge in [0.2, 0.25) is 11.8 Å². The molecule has 2 amide bonds. The van der Waals surface area contributed by atoms with Crippen LogP contribution in [0.15, 0.2) is 36.4 Å². The second-order valence-corrected chi connectivity index (χ2v) is 13.8. The number of fused-ring (bicyclic) bond motifs is 2. The van der Waals surface area contributed by atoms with Crippen molar-refractivity contribution >= 4 is 28.9 Å². The molecule has 3 aromatic heterocycles. The fourth-order valence-corrected chi connectivity index (χ4v) is 6.50. The summed E-state index contributed by atoms with van der Waals surface area (Å²) in [6.07, 6.45) is 5.44. The number of ether oxygens (including phenoxy) is 2. The van der Waals surface area contributed by atoms with Gasteiger partial charge in [-0.1, -0.05) is 11.6 Å². The van der Waals surface area contributed by atoms with Crippen molar-refractivity contribution in [1.82, 2.24) is 19.9 Å². The van der Waals surface area contributed by atoms with E-state index < -0.39 is 39.5 Å². The molecular weight excluding hydrogens is 632 g/mol. The van der Waals surface area contributed by atoms with Gasteiger partial charge in [0.25, 0.3) is 5.91 Å². The largest absolute Gasteiger partial charge is 0.489 e. The maximum absolute atomic E-state index is 14.6. The van der Waals surface area contributed by atoms with E-state index in [1.807, 2.05) is 6.07 Å². The molecule has 1 aliphatic heterocycles. The number of amides is 2. The molecule has 0 spiro atoms. The van der Waals surface area contributed by atoms with Crippen LogP contribution in [0.4, 0.5) is 8.78 Å². The molecule has 3 aliphatic carbocycles. The van der Waals surface area contributed by atoms with Gasteiger partial charge in [-0.25, -0.2) is 18.3 Å². The zero-order chi connectivity index (χ0) is 32.8. The molecule has 0 saturated heterocycles. The summed E-state index contributed by atoms with van der Waals surface area (Å²) >= 11 is 6.25. The molecule has 4 heterocycles. The van der Waals surface area contributed by atoms with E-state index in [0.29, 0.717) is 35.8 Å². The number of aromatic nitrogens is 3. The predicted octanol–water partition coefficient (Wildman–Crippen LogP) is 4.91. The fourth-order valence-electron chi connectivity index (χ4n) is 6.26. The summed E-state index contributed by atoms with van der Waals surface area (Å²) in [5, 5.41) is 19.4. The molecule has 3 saturated carbocycles. The Morgan fingerprint density at radius 2 is 1.94 bits per heavy atom. The van der Waals surface area contributed by atoms with Crippen LogP contribution < -0.4 is 20.5 Å². The van der Waals surface area contributed by atoms with E-state index in [9.17, 15) is 23.5 Å². The lowest BCUT2D eigenvalue weighted by atomic mass is 9.81. The third-order valence-electron chi connectivity index (χ3n) is 9.74. The van der Waals surface area contributed by atoms with Gasteiger partial charge in [0.1, 0.15) is 35.2 Å². The van der Waals surface area contributed by atoms with Gasteiger partial charge in [0.05, 0.1) is 28.5 Å². The number of carbonyl (C=O) groups is 2. The monoisotopic (exact) mass is 663 g/mol. The topological polar surface area (TPSA) is 141 Å². The van der Waals surface area contributed by atoms with Crippen molar-refractivity contribution in [1.29, 1.82) is 0 Å². The SMILES string of the molecule is C[C@]1(C(N)=O)COc2c1cc(C(O)(CNC(=O)c1cc(OC3CC3)n3nc(C4CC4)cc3c1)C1CC1)nc2-c1ccc(F)c(F)c1Cl. The number of nitrogens with zero attached hydrogens (tertiary/aromatic N) is 3. The number of carbonyl (C=O) groups excluding carboxylic acids is 2. The molecule has 4 N–H and O–H groups in total. The second-order valence-electron chi connectivity index (χ2n) is 13.4. The smallest absolute Gasteiger partial charge is 0.251 e. The molecule has 244 valence electrons. The van der Waals surface area contributed by atoms with Gasteiger partial charge in [-0.15, -0.1) is 0 Å². The first-order valence-corrected chi connectivity index (χ1v) is 16.2. The van der Waals surface area contributed by atoms with E-state index in [1.165, 1.54) is 6.07 Å². The number of hydrogen-bond acceptors (Lipinski definition) is 7. The molecule has 10 nitrogen and oxygen atoms in total. The molecule has 0 bridgehead atoms. The van der Waals surface area contributed by atoms with E-state index in [2.05, 4.69) is 5.32 Å². The van der Waals surface area contributed by atoms with Crippen LogP contribution in [0.5, 0.6) is 11.6 Å². The number of halogens is 3. The molecule has 4 aliphatic rings. The van der Waals surface area contributed by atoms with Crippen molar-refractivity contribution in [2.24, 2.45) is 11.7 Å². The summed E-state index contributed by atoms with van der Waals surface area (Å²) in [5.74, 6) is -2.77. The van der Waals surface area contributed by atoms with Crippen LogP contribution in [0.25, 0.3) is 16.8 Å². The maximum atomic E-state index is 14.6. The Labute approximate surface area is 273 Å². The lowest BCUT2D eigenvalue weighted by Gasteiger charge is -2.30. The van der Waals surface area contributed by atoms with Crippen molar-refractivity contribution < 1.29 is 33.0 Å². The highest BCUT2D eigenvalue weighted by molar-refractivity contribution is 6.33. The minimum absolute atomic E-state index is 0.0161. The summed E-state index contributed by atoms with van der Waals surface area (Å²) in [6, 6.07) is 9.11. The van der Waals surface area contributed by atoms with Crippen LogP contribution in [0.1, 0.15) is 78.7 Å². The molecule has 4 aromatic rings. The molecule has 2 atom stereocenters. The first-order chi connectivity index (χ1) is 22.5. The number of nitrogens with two attached hydrogens (primary N) is 1. The zero-order valence-corrected chi connectivity index (χ0v) is 26.2. The van der Waals surface area contributed by atoms with Crippen LogP contribution in [-0.2, 0) is 15.8 Å². The second kappa shape index (κ2) is 10.6. The fraction of sp³-hybridized carbons (Fsp3) is 0.412. The van der Waals surface area contributed by atoms with Gasteiger partial charge in [-0.2, -0.15) is 5.10 Å². The normalized spacial score (nSPS) is 21.6. The van der Waals surface area contributed by atoms with Gasteiger partial charge >= 0.3 is 0 Å². The number of benzene rings is 1. The first-order valence-electron chi connectivity index (χ1n) is 15.8. The average Bonchev–Trinajstić information content (AvgIpc) is 3.93. The van der Waals surface area contributed by atoms with Crippen molar-refractivity contribution in [3.05, 3.63) is 75.6 Å². The molecular formula is C34H32ClF2N5O5. The van der Waals surface area contributed by atoms with Crippen LogP contribution in [0.2, 0.25) is 5.02 Å². The number of pyridine rings is 2. The highest BCUT2D eigenvalue weighted by Crippen LogP contribution is 2.51. The molecule has 8 rings (SSSR count). The van der Waals surface area contributed by atoms with Crippen molar-refractivity contribution in [3.63, 3.8) is 0 Å². The Kier molecular flexibility index (Phi) is 6.79. The van der Waals surface area contributed by atoms with E-state index in [4.69, 9.17) is 36.9 Å². The van der Waals surface area contributed by atoms with Crippen molar-refractivity contribution in [2.45, 2.75) is 68.5 Å². The van der Waals surface area contributed by atoms with E-state index in [0.717, 1.165) is 43.0 Å².